The summed E-state index contributed by atoms with van der Waals surface area (Å²) in [5.41, 5.74) is 5.05. The van der Waals surface area contributed by atoms with Crippen molar-refractivity contribution in [3.63, 3.8) is 0 Å². The summed E-state index contributed by atoms with van der Waals surface area (Å²) >= 11 is 1.47. The summed E-state index contributed by atoms with van der Waals surface area (Å²) in [6.45, 7) is 4.08. The van der Waals surface area contributed by atoms with E-state index in [1.165, 1.54) is 22.6 Å². The number of nitrogens with one attached hydrogen (secondary N) is 1. The summed E-state index contributed by atoms with van der Waals surface area (Å²) in [7, 11) is 0. The summed E-state index contributed by atoms with van der Waals surface area (Å²) in [5.74, 6) is -0.0112. The van der Waals surface area contributed by atoms with Crippen molar-refractivity contribution in [3.8, 4) is 0 Å². The highest BCUT2D eigenvalue weighted by atomic mass is 32.1. The molecule has 2 amide bonds. The number of likely N-dealkylation sites (tertiary alicyclic amines) is 1. The first-order valence-corrected chi connectivity index (χ1v) is 14.9. The molecule has 2 saturated heterocycles. The number of piperidine rings is 1. The van der Waals surface area contributed by atoms with Gasteiger partial charge in [-0.15, -0.1) is 11.3 Å². The molecule has 3 aromatic heterocycles. The van der Waals surface area contributed by atoms with E-state index in [0.29, 0.717) is 17.4 Å². The second-order valence-corrected chi connectivity index (χ2v) is 11.4. The lowest BCUT2D eigenvalue weighted by molar-refractivity contribution is -0.132. The molecule has 2 aliphatic heterocycles. The van der Waals surface area contributed by atoms with Gasteiger partial charge in [-0.2, -0.15) is 0 Å². The molecule has 0 aliphatic carbocycles. The lowest BCUT2D eigenvalue weighted by atomic mass is 9.95. The van der Waals surface area contributed by atoms with Gasteiger partial charge in [0.1, 0.15) is 5.69 Å². The zero-order chi connectivity index (χ0) is 27.5. The van der Waals surface area contributed by atoms with Gasteiger partial charge in [-0.25, -0.2) is 4.98 Å². The molecule has 206 valence electrons. The van der Waals surface area contributed by atoms with Crippen LogP contribution in [0.3, 0.4) is 0 Å². The largest absolute Gasteiger partial charge is 0.363 e. The van der Waals surface area contributed by atoms with Crippen LogP contribution < -0.4 is 10.2 Å². The summed E-state index contributed by atoms with van der Waals surface area (Å²) in [6, 6.07) is 16.7. The van der Waals surface area contributed by atoms with Crippen molar-refractivity contribution in [2.24, 2.45) is 0 Å². The van der Waals surface area contributed by atoms with Gasteiger partial charge >= 0.3 is 0 Å². The van der Waals surface area contributed by atoms with Crippen molar-refractivity contribution in [1.82, 2.24) is 19.4 Å². The smallest absolute Gasteiger partial charge is 0.274 e. The van der Waals surface area contributed by atoms with Gasteiger partial charge < -0.3 is 14.4 Å². The van der Waals surface area contributed by atoms with Crippen LogP contribution in [0.2, 0.25) is 0 Å². The number of hydrogen-bond acceptors (Lipinski definition) is 6. The molecule has 0 bridgehead atoms. The fourth-order valence-electron chi connectivity index (χ4n) is 6.03. The minimum absolute atomic E-state index is 0.154. The van der Waals surface area contributed by atoms with Gasteiger partial charge in [0.2, 0.25) is 5.91 Å². The van der Waals surface area contributed by atoms with Crippen LogP contribution in [0.15, 0.2) is 72.5 Å². The molecule has 8 nitrogen and oxygen atoms in total. The van der Waals surface area contributed by atoms with E-state index in [0.717, 1.165) is 56.5 Å². The van der Waals surface area contributed by atoms with E-state index in [2.05, 4.69) is 44.8 Å². The number of amides is 2. The summed E-state index contributed by atoms with van der Waals surface area (Å²) in [4.78, 5) is 38.6. The first-order valence-electron chi connectivity index (χ1n) is 14.0. The fourth-order valence-corrected chi connectivity index (χ4v) is 6.78. The van der Waals surface area contributed by atoms with E-state index in [1.807, 2.05) is 39.9 Å². The molecule has 4 aromatic rings. The third-order valence-corrected chi connectivity index (χ3v) is 8.79. The van der Waals surface area contributed by atoms with Crippen molar-refractivity contribution >= 4 is 34.0 Å². The number of anilines is 2. The number of carbonyl (C=O) groups excluding carboxylic acids is 2. The molecule has 2 aliphatic rings. The molecule has 2 atom stereocenters. The molecule has 2 fully saturated rings. The maximum atomic E-state index is 13.1. The minimum atomic E-state index is -0.166. The van der Waals surface area contributed by atoms with Crippen LogP contribution in [0.25, 0.3) is 0 Å². The Hall–Kier alpha value is -3.98. The predicted octanol–water partition coefficient (Wildman–Crippen LogP) is 6.06. The molecular weight excluding hydrogens is 520 g/mol. The molecule has 40 heavy (non-hydrogen) atoms. The van der Waals surface area contributed by atoms with Gasteiger partial charge in [-0.3, -0.25) is 19.9 Å². The number of carbonyl (C=O) groups is 2. The van der Waals surface area contributed by atoms with Crippen LogP contribution in [-0.4, -0.2) is 44.3 Å². The SMILES string of the molecule is CC(=O)N1CCCCC1c1ccc(N2CCC[C@@H]2c2csc(NC(=O)c3cccn3Cc3ccncc3)n2)cc1. The number of thiazole rings is 1. The van der Waals surface area contributed by atoms with Crippen molar-refractivity contribution < 1.29 is 9.59 Å². The zero-order valence-corrected chi connectivity index (χ0v) is 23.5. The van der Waals surface area contributed by atoms with Crippen LogP contribution >= 0.6 is 11.3 Å². The van der Waals surface area contributed by atoms with E-state index in [4.69, 9.17) is 4.98 Å². The number of benzene rings is 1. The standard InChI is InChI=1S/C31H34N6O2S/c1-22(38)36-18-3-2-6-27(36)24-9-11-25(12-10-24)37-19-5-7-28(37)26-21-40-31(33-26)34-30(39)29-8-4-17-35(29)20-23-13-15-32-16-14-23/h4,8-17,21,27-28H,2-3,5-7,18-20H2,1H3,(H,33,34,39)/t27?,28-/m1/s1. The lowest BCUT2D eigenvalue weighted by Crippen LogP contribution is -2.36. The molecule has 6 rings (SSSR count). The Bertz CT molecular complexity index is 1460. The van der Waals surface area contributed by atoms with E-state index in [9.17, 15) is 9.59 Å². The van der Waals surface area contributed by atoms with Crippen molar-refractivity contribution in [2.45, 2.75) is 57.7 Å². The Labute approximate surface area is 238 Å². The Kier molecular flexibility index (Phi) is 7.64. The van der Waals surface area contributed by atoms with E-state index in [-0.39, 0.29) is 23.9 Å². The van der Waals surface area contributed by atoms with Crippen molar-refractivity contribution in [3.05, 3.63) is 95.0 Å². The predicted molar refractivity (Wildman–Crippen MR) is 158 cm³/mol. The van der Waals surface area contributed by atoms with Crippen molar-refractivity contribution in [1.29, 1.82) is 0 Å². The maximum Gasteiger partial charge on any atom is 0.274 e. The fraction of sp³-hybridized carbons (Fsp3) is 0.355. The molecule has 1 N–H and O–H groups in total. The molecule has 0 spiro atoms. The average molecular weight is 555 g/mol. The van der Waals surface area contributed by atoms with Gasteiger partial charge in [-0.1, -0.05) is 12.1 Å². The monoisotopic (exact) mass is 554 g/mol. The van der Waals surface area contributed by atoms with Crippen LogP contribution in [0.4, 0.5) is 10.8 Å². The maximum absolute atomic E-state index is 13.1. The molecule has 5 heterocycles. The Morgan fingerprint density at radius 3 is 2.58 bits per heavy atom. The lowest BCUT2D eigenvalue weighted by Gasteiger charge is -2.35. The number of pyridine rings is 1. The highest BCUT2D eigenvalue weighted by Gasteiger charge is 2.30. The molecule has 1 unspecified atom stereocenters. The zero-order valence-electron chi connectivity index (χ0n) is 22.7. The van der Waals surface area contributed by atoms with Gasteiger partial charge in [0, 0.05) is 56.2 Å². The Balaban J connectivity index is 1.13. The number of aromatic nitrogens is 3. The van der Waals surface area contributed by atoms with Gasteiger partial charge in [-0.05, 0) is 79.6 Å². The summed E-state index contributed by atoms with van der Waals surface area (Å²) < 4.78 is 1.94. The Morgan fingerprint density at radius 2 is 1.77 bits per heavy atom. The third-order valence-electron chi connectivity index (χ3n) is 8.02. The average Bonchev–Trinajstić information content (AvgIpc) is 3.75. The van der Waals surface area contributed by atoms with E-state index >= 15 is 0 Å². The van der Waals surface area contributed by atoms with Crippen LogP contribution in [0.5, 0.6) is 0 Å². The highest BCUT2D eigenvalue weighted by Crippen LogP contribution is 2.38. The second kappa shape index (κ2) is 11.6. The number of hydrogen-bond donors (Lipinski definition) is 1. The van der Waals surface area contributed by atoms with Crippen molar-refractivity contribution in [2.75, 3.05) is 23.3 Å². The van der Waals surface area contributed by atoms with Gasteiger partial charge in [0.15, 0.2) is 5.13 Å². The normalized spacial score (nSPS) is 19.1. The molecular formula is C31H34N6O2S. The van der Waals surface area contributed by atoms with Crippen LogP contribution in [-0.2, 0) is 11.3 Å². The first-order chi connectivity index (χ1) is 19.6. The minimum Gasteiger partial charge on any atom is -0.363 e. The topological polar surface area (TPSA) is 83.4 Å². The molecule has 9 heteroatoms. The Morgan fingerprint density at radius 1 is 0.975 bits per heavy atom. The number of nitrogens with zero attached hydrogens (tertiary/aromatic N) is 5. The third kappa shape index (κ3) is 5.51. The second-order valence-electron chi connectivity index (χ2n) is 10.6. The van der Waals surface area contributed by atoms with Gasteiger partial charge in [0.25, 0.3) is 5.91 Å². The summed E-state index contributed by atoms with van der Waals surface area (Å²) in [6.07, 6.45) is 10.8. The number of rotatable bonds is 7. The first kappa shape index (κ1) is 26.3. The molecule has 1 aromatic carbocycles. The van der Waals surface area contributed by atoms with E-state index in [1.54, 1.807) is 19.3 Å². The van der Waals surface area contributed by atoms with Gasteiger partial charge in [0.05, 0.1) is 17.8 Å². The quantitative estimate of drug-likeness (QED) is 0.301. The van der Waals surface area contributed by atoms with E-state index < -0.39 is 0 Å². The van der Waals surface area contributed by atoms with Crippen LogP contribution in [0, 0.1) is 0 Å². The summed E-state index contributed by atoms with van der Waals surface area (Å²) in [5, 5.41) is 5.69. The molecule has 0 radical (unpaired) electrons. The molecule has 0 saturated carbocycles. The van der Waals surface area contributed by atoms with Crippen LogP contribution in [0.1, 0.15) is 78.4 Å². The highest BCUT2D eigenvalue weighted by molar-refractivity contribution is 7.14.